The molecule has 4 aromatic heterocycles. The van der Waals surface area contributed by atoms with Crippen LogP contribution in [0.5, 0.6) is 0 Å². The first-order chi connectivity index (χ1) is 23.8. The van der Waals surface area contributed by atoms with E-state index in [0.717, 1.165) is 129 Å². The maximum atomic E-state index is 9.66. The highest BCUT2D eigenvalue weighted by atomic mass is 35.5. The van der Waals surface area contributed by atoms with E-state index in [1.165, 1.54) is 31.2 Å². The highest BCUT2D eigenvalue weighted by molar-refractivity contribution is 6.32. The fraction of sp³-hybridized carbons (Fsp3) is 0.632. The zero-order chi connectivity index (χ0) is 33.9. The molecule has 262 valence electrons. The quantitative estimate of drug-likeness (QED) is 0.171. The summed E-state index contributed by atoms with van der Waals surface area (Å²) in [4.78, 5) is 18.3. The monoisotopic (exact) mass is 688 g/mol. The van der Waals surface area contributed by atoms with Gasteiger partial charge in [-0.25, -0.2) is 19.9 Å². The maximum Gasteiger partial charge on any atom is 0.190 e. The van der Waals surface area contributed by atoms with Crippen molar-refractivity contribution < 1.29 is 19.3 Å². The highest BCUT2D eigenvalue weighted by Gasteiger charge is 2.29. The summed E-state index contributed by atoms with van der Waals surface area (Å²) in [6.45, 7) is 3.99. The molecule has 0 aromatic carbocycles. The van der Waals surface area contributed by atoms with Gasteiger partial charge in [0.2, 0.25) is 0 Å². The smallest absolute Gasteiger partial charge is 0.190 e. The molecule has 0 bridgehead atoms. The van der Waals surface area contributed by atoms with Crippen molar-refractivity contribution in [1.82, 2.24) is 30.2 Å². The van der Waals surface area contributed by atoms with E-state index in [4.69, 9.17) is 30.6 Å². The molecule has 8 rings (SSSR count). The molecule has 49 heavy (non-hydrogen) atoms. The number of aromatic nitrogens is 6. The average molecular weight is 689 g/mol. The van der Waals surface area contributed by atoms with Gasteiger partial charge in [-0.3, -0.25) is 0 Å². The molecule has 0 aliphatic heterocycles. The molecule has 4 heterocycles. The third-order valence-electron chi connectivity index (χ3n) is 10.9. The highest BCUT2D eigenvalue weighted by Crippen LogP contribution is 2.39. The Bertz CT molecular complexity index is 1700. The molecule has 4 aromatic rings. The molecule has 4 saturated carbocycles. The lowest BCUT2D eigenvalue weighted by molar-refractivity contribution is 0.108. The predicted molar refractivity (Wildman–Crippen MR) is 186 cm³/mol. The van der Waals surface area contributed by atoms with Crippen LogP contribution in [0.4, 0.5) is 0 Å². The standard InChI is InChI=1S/C19H24ClN3O2.C19H25N3O2/c1-11-15(8-12-2-3-12)19(25-23-11)18-16(20)10-21-17(22-18)9-13-4-6-14(24)7-5-13;1-12-16(10-13-2-3-13)19(24-22-12)17-8-9-20-18(21-17)11-14-4-6-15(23)7-5-14/h10,12-14,24H,2-9H2,1H3;8-9,13-15,23H,2-7,10-11H2,1H3. The van der Waals surface area contributed by atoms with Crippen molar-refractivity contribution in [3.8, 4) is 22.9 Å². The second-order valence-electron chi connectivity index (χ2n) is 15.0. The van der Waals surface area contributed by atoms with Crippen LogP contribution in [0, 0.1) is 37.5 Å². The second kappa shape index (κ2) is 15.4. The molecule has 0 spiro atoms. The molecule has 4 aliphatic rings. The van der Waals surface area contributed by atoms with E-state index in [-0.39, 0.29) is 12.2 Å². The van der Waals surface area contributed by atoms with Gasteiger partial charge in [-0.05, 0) is 133 Å². The van der Waals surface area contributed by atoms with Crippen LogP contribution in [0.1, 0.15) is 111 Å². The van der Waals surface area contributed by atoms with Crippen molar-refractivity contribution in [2.45, 2.75) is 129 Å². The number of hydrogen-bond acceptors (Lipinski definition) is 10. The first kappa shape index (κ1) is 34.2. The van der Waals surface area contributed by atoms with Gasteiger partial charge in [0, 0.05) is 36.4 Å². The Morgan fingerprint density at radius 3 is 1.65 bits per heavy atom. The van der Waals surface area contributed by atoms with Crippen LogP contribution < -0.4 is 0 Å². The molecule has 0 unspecified atom stereocenters. The van der Waals surface area contributed by atoms with Gasteiger partial charge in [0.1, 0.15) is 23.0 Å². The van der Waals surface area contributed by atoms with Crippen LogP contribution in [0.2, 0.25) is 5.02 Å². The van der Waals surface area contributed by atoms with Gasteiger partial charge in [-0.15, -0.1) is 0 Å². The lowest BCUT2D eigenvalue weighted by atomic mass is 9.85. The number of aliphatic hydroxyl groups excluding tert-OH is 2. The van der Waals surface area contributed by atoms with E-state index in [0.29, 0.717) is 28.3 Å². The molecule has 0 saturated heterocycles. The molecular formula is C38H49ClN6O4. The first-order valence-electron chi connectivity index (χ1n) is 18.4. The summed E-state index contributed by atoms with van der Waals surface area (Å²) in [5, 5.41) is 28.1. The Labute approximate surface area is 293 Å². The Morgan fingerprint density at radius 1 is 0.633 bits per heavy atom. The van der Waals surface area contributed by atoms with Crippen molar-refractivity contribution in [1.29, 1.82) is 0 Å². The van der Waals surface area contributed by atoms with E-state index < -0.39 is 0 Å². The second-order valence-corrected chi connectivity index (χ2v) is 15.5. The van der Waals surface area contributed by atoms with E-state index in [2.05, 4.69) is 20.3 Å². The SMILES string of the molecule is Cc1noc(-c2ccnc(CC3CCC(O)CC3)n2)c1CC1CC1.Cc1noc(-c2nc(CC3CCC(O)CC3)ncc2Cl)c1CC1CC1. The van der Waals surface area contributed by atoms with Crippen LogP contribution >= 0.6 is 11.6 Å². The molecule has 0 atom stereocenters. The summed E-state index contributed by atoms with van der Waals surface area (Å²) in [5.41, 5.74) is 5.78. The number of aliphatic hydroxyl groups is 2. The van der Waals surface area contributed by atoms with Crippen molar-refractivity contribution >= 4 is 11.6 Å². The maximum absolute atomic E-state index is 9.66. The lowest BCUT2D eigenvalue weighted by Crippen LogP contribution is -2.20. The van der Waals surface area contributed by atoms with E-state index in [1.54, 1.807) is 6.20 Å². The van der Waals surface area contributed by atoms with Crippen LogP contribution in [0.15, 0.2) is 27.5 Å². The van der Waals surface area contributed by atoms with Gasteiger partial charge in [-0.2, -0.15) is 0 Å². The molecule has 4 aliphatic carbocycles. The summed E-state index contributed by atoms with van der Waals surface area (Å²) in [6, 6.07) is 1.92. The van der Waals surface area contributed by atoms with Gasteiger partial charge in [0.25, 0.3) is 0 Å². The van der Waals surface area contributed by atoms with E-state index in [1.807, 2.05) is 26.1 Å². The molecular weight excluding hydrogens is 640 g/mol. The zero-order valence-corrected chi connectivity index (χ0v) is 29.5. The fourth-order valence-electron chi connectivity index (χ4n) is 7.37. The number of hydrogen-bond donors (Lipinski definition) is 2. The van der Waals surface area contributed by atoms with Gasteiger partial charge in [-0.1, -0.05) is 21.9 Å². The largest absolute Gasteiger partial charge is 0.393 e. The molecule has 11 heteroatoms. The van der Waals surface area contributed by atoms with E-state index >= 15 is 0 Å². The Morgan fingerprint density at radius 2 is 1.10 bits per heavy atom. The number of halogens is 1. The molecule has 4 fully saturated rings. The summed E-state index contributed by atoms with van der Waals surface area (Å²) >= 11 is 6.38. The van der Waals surface area contributed by atoms with Crippen LogP contribution in [0.3, 0.4) is 0 Å². The Hall–Kier alpha value is -3.21. The summed E-state index contributed by atoms with van der Waals surface area (Å²) in [6.07, 6.45) is 19.9. The van der Waals surface area contributed by atoms with Gasteiger partial charge in [0.15, 0.2) is 11.5 Å². The summed E-state index contributed by atoms with van der Waals surface area (Å²) < 4.78 is 11.2. The van der Waals surface area contributed by atoms with Gasteiger partial charge < -0.3 is 19.3 Å². The van der Waals surface area contributed by atoms with E-state index in [9.17, 15) is 10.2 Å². The number of rotatable bonds is 10. The van der Waals surface area contributed by atoms with Crippen molar-refractivity contribution in [3.05, 3.63) is 57.6 Å². The average Bonchev–Trinajstić information content (AvgIpc) is 4.03. The zero-order valence-electron chi connectivity index (χ0n) is 28.8. The van der Waals surface area contributed by atoms with Gasteiger partial charge >= 0.3 is 0 Å². The third kappa shape index (κ3) is 8.94. The van der Waals surface area contributed by atoms with Gasteiger partial charge in [0.05, 0.1) is 28.6 Å². The normalized spacial score (nSPS) is 24.0. The minimum Gasteiger partial charge on any atom is -0.393 e. The Kier molecular flexibility index (Phi) is 10.7. The number of aryl methyl sites for hydroxylation is 2. The van der Waals surface area contributed by atoms with Crippen molar-refractivity contribution in [2.75, 3.05) is 0 Å². The van der Waals surface area contributed by atoms with Crippen LogP contribution in [-0.4, -0.2) is 52.7 Å². The minimum absolute atomic E-state index is 0.115. The third-order valence-corrected chi connectivity index (χ3v) is 11.1. The summed E-state index contributed by atoms with van der Waals surface area (Å²) in [5.74, 6) is 5.83. The van der Waals surface area contributed by atoms with Crippen LogP contribution in [0.25, 0.3) is 22.9 Å². The lowest BCUT2D eigenvalue weighted by Gasteiger charge is -2.24. The van der Waals surface area contributed by atoms with Crippen molar-refractivity contribution in [2.24, 2.45) is 23.7 Å². The van der Waals surface area contributed by atoms with Crippen molar-refractivity contribution in [3.63, 3.8) is 0 Å². The topological polar surface area (TPSA) is 144 Å². The molecule has 0 radical (unpaired) electrons. The first-order valence-corrected chi connectivity index (χ1v) is 18.8. The predicted octanol–water partition coefficient (Wildman–Crippen LogP) is 7.63. The summed E-state index contributed by atoms with van der Waals surface area (Å²) in [7, 11) is 0. The molecule has 2 N–H and O–H groups in total. The van der Waals surface area contributed by atoms with Crippen LogP contribution in [-0.2, 0) is 25.7 Å². The minimum atomic E-state index is -0.139. The molecule has 10 nitrogen and oxygen atoms in total. The fourth-order valence-corrected chi connectivity index (χ4v) is 7.54. The number of nitrogens with zero attached hydrogens (tertiary/aromatic N) is 6. The molecule has 0 amide bonds. The Balaban J connectivity index is 0.000000154.